The molecular weight excluding hydrogens is 297 g/mol. The van der Waals surface area contributed by atoms with Gasteiger partial charge in [0.2, 0.25) is 5.91 Å². The molecular formula is C18H20FNO3. The van der Waals surface area contributed by atoms with Gasteiger partial charge in [0.05, 0.1) is 18.1 Å². The van der Waals surface area contributed by atoms with Gasteiger partial charge < -0.3 is 9.64 Å². The molecule has 1 aromatic rings. The zero-order valence-electron chi connectivity index (χ0n) is 13.2. The van der Waals surface area contributed by atoms with Gasteiger partial charge in [-0.1, -0.05) is 12.1 Å². The fourth-order valence-electron chi connectivity index (χ4n) is 3.89. The first-order chi connectivity index (χ1) is 11.1. The Balaban J connectivity index is 1.46. The fourth-order valence-corrected chi connectivity index (χ4v) is 3.89. The molecule has 0 spiro atoms. The highest BCUT2D eigenvalue weighted by Gasteiger charge is 2.75. The van der Waals surface area contributed by atoms with Crippen molar-refractivity contribution in [3.8, 4) is 0 Å². The van der Waals surface area contributed by atoms with Crippen molar-refractivity contribution >= 4 is 11.9 Å². The lowest BCUT2D eigenvalue weighted by molar-refractivity contribution is -0.135. The molecule has 1 aliphatic heterocycles. The van der Waals surface area contributed by atoms with Crippen LogP contribution in [0, 0.1) is 17.2 Å². The minimum absolute atomic E-state index is 0.0128. The minimum Gasteiger partial charge on any atom is -0.465 e. The summed E-state index contributed by atoms with van der Waals surface area (Å²) in [7, 11) is 1.25. The molecule has 4 rings (SSSR count). The number of ether oxygens (including phenoxy) is 1. The van der Waals surface area contributed by atoms with Gasteiger partial charge in [-0.2, -0.15) is 0 Å². The molecule has 2 saturated carbocycles. The van der Waals surface area contributed by atoms with E-state index in [-0.39, 0.29) is 16.9 Å². The average molecular weight is 317 g/mol. The van der Waals surface area contributed by atoms with E-state index in [0.29, 0.717) is 30.5 Å². The van der Waals surface area contributed by atoms with Crippen LogP contribution in [0.15, 0.2) is 18.2 Å². The maximum Gasteiger partial charge on any atom is 0.340 e. The summed E-state index contributed by atoms with van der Waals surface area (Å²) < 4.78 is 19.2. The van der Waals surface area contributed by atoms with Gasteiger partial charge in [0, 0.05) is 13.1 Å². The summed E-state index contributed by atoms with van der Waals surface area (Å²) in [5, 5.41) is 0. The van der Waals surface area contributed by atoms with Crippen molar-refractivity contribution < 1.29 is 18.7 Å². The molecule has 122 valence electrons. The molecule has 3 fully saturated rings. The number of piperidine rings is 1. The molecule has 1 heterocycles. The van der Waals surface area contributed by atoms with Crippen LogP contribution in [-0.4, -0.2) is 37.0 Å². The minimum atomic E-state index is -0.649. The lowest BCUT2D eigenvalue weighted by Gasteiger charge is -2.33. The van der Waals surface area contributed by atoms with E-state index in [1.807, 2.05) is 4.90 Å². The number of rotatable bonds is 3. The van der Waals surface area contributed by atoms with E-state index in [4.69, 9.17) is 0 Å². The maximum atomic E-state index is 14.6. The highest BCUT2D eigenvalue weighted by Crippen LogP contribution is 2.76. The average Bonchev–Trinajstić information content (AvgIpc) is 3.44. The standard InChI is InChI=1S/C18H20FNO3/c1-23-16(21)14-4-2-3-13(15(14)19)11-5-7-20(8-6-11)17(22)18-9-12(18)10-18/h2-4,11-12H,5-10H2,1H3. The van der Waals surface area contributed by atoms with Gasteiger partial charge in [-0.05, 0) is 49.1 Å². The predicted molar refractivity (Wildman–Crippen MR) is 81.5 cm³/mol. The highest BCUT2D eigenvalue weighted by molar-refractivity contribution is 5.90. The zero-order chi connectivity index (χ0) is 16.2. The quantitative estimate of drug-likeness (QED) is 0.805. The van der Waals surface area contributed by atoms with Crippen molar-refractivity contribution in [2.75, 3.05) is 20.2 Å². The van der Waals surface area contributed by atoms with Crippen molar-refractivity contribution in [1.82, 2.24) is 4.90 Å². The van der Waals surface area contributed by atoms with Crippen LogP contribution in [0.5, 0.6) is 0 Å². The number of hydrogen-bond donors (Lipinski definition) is 0. The third-order valence-corrected chi connectivity index (χ3v) is 5.76. The van der Waals surface area contributed by atoms with Crippen LogP contribution in [-0.2, 0) is 9.53 Å². The van der Waals surface area contributed by atoms with E-state index in [1.165, 1.54) is 13.2 Å². The van der Waals surface area contributed by atoms with Crippen molar-refractivity contribution in [1.29, 1.82) is 0 Å². The summed E-state index contributed by atoms with van der Waals surface area (Å²) >= 11 is 0. The lowest BCUT2D eigenvalue weighted by Crippen LogP contribution is -2.40. The number of carbonyl (C=O) groups excluding carboxylic acids is 2. The van der Waals surface area contributed by atoms with E-state index in [1.54, 1.807) is 12.1 Å². The predicted octanol–water partition coefficient (Wildman–Crippen LogP) is 2.73. The van der Waals surface area contributed by atoms with E-state index >= 15 is 0 Å². The SMILES string of the molecule is COC(=O)c1cccc(C2CCN(C(=O)C34CC3C4)CC2)c1F. The van der Waals surface area contributed by atoms with Crippen molar-refractivity contribution in [2.24, 2.45) is 11.3 Å². The molecule has 2 aliphatic carbocycles. The lowest BCUT2D eigenvalue weighted by atomic mass is 9.87. The van der Waals surface area contributed by atoms with Gasteiger partial charge in [0.15, 0.2) is 0 Å². The Morgan fingerprint density at radius 1 is 1.26 bits per heavy atom. The first kappa shape index (κ1) is 14.7. The van der Waals surface area contributed by atoms with Crippen LogP contribution in [0.4, 0.5) is 4.39 Å². The Bertz CT molecular complexity index is 673. The molecule has 1 aromatic carbocycles. The molecule has 5 heteroatoms. The number of halogens is 1. The van der Waals surface area contributed by atoms with E-state index in [9.17, 15) is 14.0 Å². The van der Waals surface area contributed by atoms with E-state index in [0.717, 1.165) is 25.7 Å². The highest BCUT2D eigenvalue weighted by atomic mass is 19.1. The second kappa shape index (κ2) is 5.05. The Labute approximate surface area is 134 Å². The molecule has 0 atom stereocenters. The number of amides is 1. The summed E-state index contributed by atoms with van der Waals surface area (Å²) in [5.41, 5.74) is 0.568. The first-order valence-electron chi connectivity index (χ1n) is 8.23. The number of methoxy groups -OCH3 is 1. The molecule has 0 N–H and O–H groups in total. The number of benzene rings is 1. The van der Waals surface area contributed by atoms with Crippen LogP contribution in [0.25, 0.3) is 0 Å². The molecule has 0 unspecified atom stereocenters. The van der Waals surface area contributed by atoms with Gasteiger partial charge in [0.25, 0.3) is 0 Å². The molecule has 3 aliphatic rings. The van der Waals surface area contributed by atoms with Crippen molar-refractivity contribution in [2.45, 2.75) is 31.6 Å². The molecule has 0 aromatic heterocycles. The maximum absolute atomic E-state index is 14.6. The normalized spacial score (nSPS) is 29.0. The Morgan fingerprint density at radius 2 is 1.91 bits per heavy atom. The second-order valence-corrected chi connectivity index (χ2v) is 7.03. The Morgan fingerprint density at radius 3 is 2.48 bits per heavy atom. The largest absolute Gasteiger partial charge is 0.465 e. The van der Waals surface area contributed by atoms with Crippen LogP contribution in [0.2, 0.25) is 0 Å². The Kier molecular flexibility index (Phi) is 3.22. The summed E-state index contributed by atoms with van der Waals surface area (Å²) in [4.78, 5) is 26.0. The fraction of sp³-hybridized carbons (Fsp3) is 0.556. The summed E-state index contributed by atoms with van der Waals surface area (Å²) in [6, 6.07) is 4.88. The second-order valence-electron chi connectivity index (χ2n) is 7.03. The number of esters is 1. The smallest absolute Gasteiger partial charge is 0.340 e. The van der Waals surface area contributed by atoms with Gasteiger partial charge in [0.1, 0.15) is 5.82 Å². The van der Waals surface area contributed by atoms with E-state index in [2.05, 4.69) is 4.74 Å². The van der Waals surface area contributed by atoms with Gasteiger partial charge in [-0.25, -0.2) is 9.18 Å². The topological polar surface area (TPSA) is 46.6 Å². The van der Waals surface area contributed by atoms with Gasteiger partial charge in [-0.3, -0.25) is 4.79 Å². The molecule has 0 radical (unpaired) electrons. The summed E-state index contributed by atoms with van der Waals surface area (Å²) in [5.74, 6) is -0.112. The first-order valence-corrected chi connectivity index (χ1v) is 8.23. The number of fused-ring (bicyclic) bond motifs is 1. The van der Waals surface area contributed by atoms with Crippen molar-refractivity contribution in [3.63, 3.8) is 0 Å². The van der Waals surface area contributed by atoms with Gasteiger partial charge in [-0.15, -0.1) is 0 Å². The van der Waals surface area contributed by atoms with E-state index < -0.39 is 11.8 Å². The third kappa shape index (κ3) is 2.25. The summed E-state index contributed by atoms with van der Waals surface area (Å²) in [6.07, 6.45) is 3.63. The van der Waals surface area contributed by atoms with Crippen LogP contribution in [0.1, 0.15) is 47.5 Å². The van der Waals surface area contributed by atoms with Crippen LogP contribution in [0.3, 0.4) is 0 Å². The molecule has 23 heavy (non-hydrogen) atoms. The van der Waals surface area contributed by atoms with Gasteiger partial charge >= 0.3 is 5.97 Å². The number of likely N-dealkylation sites (tertiary alicyclic amines) is 1. The molecule has 0 bridgehead atoms. The number of carbonyl (C=O) groups is 2. The molecule has 1 amide bonds. The molecule has 1 saturated heterocycles. The monoisotopic (exact) mass is 317 g/mol. The number of nitrogens with zero attached hydrogens (tertiary/aromatic N) is 1. The van der Waals surface area contributed by atoms with Crippen molar-refractivity contribution in [3.05, 3.63) is 35.1 Å². The Hall–Kier alpha value is -1.91. The van der Waals surface area contributed by atoms with Crippen LogP contribution < -0.4 is 0 Å². The molecule has 4 nitrogen and oxygen atoms in total. The number of hydrogen-bond acceptors (Lipinski definition) is 3. The van der Waals surface area contributed by atoms with Crippen LogP contribution >= 0.6 is 0 Å². The summed E-state index contributed by atoms with van der Waals surface area (Å²) in [6.45, 7) is 1.36. The zero-order valence-corrected chi connectivity index (χ0v) is 13.2. The third-order valence-electron chi connectivity index (χ3n) is 5.76.